The largest absolute Gasteiger partial charge is 0.489 e. The van der Waals surface area contributed by atoms with Crippen molar-refractivity contribution in [3.63, 3.8) is 0 Å². The van der Waals surface area contributed by atoms with Crippen LogP contribution in [0.1, 0.15) is 22.3 Å². The van der Waals surface area contributed by atoms with Crippen molar-refractivity contribution < 1.29 is 14.2 Å². The van der Waals surface area contributed by atoms with Crippen molar-refractivity contribution in [3.05, 3.63) is 198 Å². The maximum absolute atomic E-state index is 6.43. The van der Waals surface area contributed by atoms with Gasteiger partial charge in [0.2, 0.25) is 0 Å². The SMILES string of the molecule is Cc1ccc(-c2c3ccccc3c(-c3ccc(COc4cc(COc5ccccc5)cc(COc5ccccc5)c4)cc3)c3ccccc23)cc1. The third-order valence-electron chi connectivity index (χ3n) is 9.24. The second-order valence-corrected chi connectivity index (χ2v) is 12.9. The van der Waals surface area contributed by atoms with Gasteiger partial charge in [-0.25, -0.2) is 0 Å². The Kier molecular flexibility index (Phi) is 9.17. The molecule has 0 aliphatic rings. The van der Waals surface area contributed by atoms with Crippen LogP contribution in [0.15, 0.2) is 176 Å². The molecule has 8 rings (SSSR count). The number of hydrogen-bond acceptors (Lipinski definition) is 3. The van der Waals surface area contributed by atoms with Crippen molar-refractivity contribution in [2.75, 3.05) is 0 Å². The van der Waals surface area contributed by atoms with Crippen molar-refractivity contribution in [2.24, 2.45) is 0 Å². The zero-order chi connectivity index (χ0) is 34.4. The van der Waals surface area contributed by atoms with Gasteiger partial charge in [0, 0.05) is 0 Å². The van der Waals surface area contributed by atoms with E-state index in [0.29, 0.717) is 19.8 Å². The zero-order valence-corrected chi connectivity index (χ0v) is 28.6. The van der Waals surface area contributed by atoms with Gasteiger partial charge in [-0.3, -0.25) is 0 Å². The number of rotatable bonds is 11. The zero-order valence-electron chi connectivity index (χ0n) is 28.6. The first-order chi connectivity index (χ1) is 25.2. The Morgan fingerprint density at radius 1 is 0.333 bits per heavy atom. The van der Waals surface area contributed by atoms with E-state index in [1.165, 1.54) is 49.4 Å². The lowest BCUT2D eigenvalue weighted by atomic mass is 9.86. The molecule has 0 atom stereocenters. The van der Waals surface area contributed by atoms with Crippen LogP contribution >= 0.6 is 0 Å². The van der Waals surface area contributed by atoms with Gasteiger partial charge < -0.3 is 14.2 Å². The normalized spacial score (nSPS) is 11.1. The average Bonchev–Trinajstić information content (AvgIpc) is 3.19. The highest BCUT2D eigenvalue weighted by molar-refractivity contribution is 6.21. The summed E-state index contributed by atoms with van der Waals surface area (Å²) in [6, 6.07) is 61.2. The Morgan fingerprint density at radius 3 is 1.16 bits per heavy atom. The number of para-hydroxylation sites is 2. The molecule has 0 aromatic heterocycles. The Balaban J connectivity index is 1.07. The van der Waals surface area contributed by atoms with E-state index in [-0.39, 0.29) is 0 Å². The fourth-order valence-electron chi connectivity index (χ4n) is 6.75. The Bertz CT molecular complexity index is 2280. The molecule has 0 saturated carbocycles. The Morgan fingerprint density at radius 2 is 0.706 bits per heavy atom. The summed E-state index contributed by atoms with van der Waals surface area (Å²) in [4.78, 5) is 0. The van der Waals surface area contributed by atoms with Gasteiger partial charge in [-0.2, -0.15) is 0 Å². The molecule has 0 heterocycles. The molecule has 0 bridgehead atoms. The summed E-state index contributed by atoms with van der Waals surface area (Å²) < 4.78 is 18.6. The number of aryl methyl sites for hydroxylation is 1. The van der Waals surface area contributed by atoms with Crippen molar-refractivity contribution in [1.82, 2.24) is 0 Å². The molecule has 0 fully saturated rings. The van der Waals surface area contributed by atoms with Crippen LogP contribution in [-0.2, 0) is 19.8 Å². The molecule has 0 aliphatic heterocycles. The van der Waals surface area contributed by atoms with Gasteiger partial charge in [0.1, 0.15) is 37.1 Å². The molecule has 0 N–H and O–H groups in total. The third-order valence-corrected chi connectivity index (χ3v) is 9.24. The molecule has 0 amide bonds. The van der Waals surface area contributed by atoms with Crippen LogP contribution in [0.4, 0.5) is 0 Å². The second kappa shape index (κ2) is 14.7. The first-order valence-corrected chi connectivity index (χ1v) is 17.4. The molecule has 0 unspecified atom stereocenters. The van der Waals surface area contributed by atoms with Gasteiger partial charge in [-0.15, -0.1) is 0 Å². The highest BCUT2D eigenvalue weighted by Crippen LogP contribution is 2.43. The standard InChI is InChI=1S/C48H38O3/c1-34-20-24-38(25-21-34)47-43-16-8-10-18-45(43)48(46-19-11-9-17-44(46)47)39-26-22-35(23-27-39)31-51-42-29-36(32-49-40-12-4-2-5-13-40)28-37(30-42)33-50-41-14-6-3-7-15-41/h2-30H,31-33H2,1H3. The minimum absolute atomic E-state index is 0.429. The molecule has 0 saturated heterocycles. The van der Waals surface area contributed by atoms with Crippen LogP contribution < -0.4 is 14.2 Å². The van der Waals surface area contributed by atoms with Crippen LogP contribution in [0.25, 0.3) is 43.8 Å². The quantitative estimate of drug-likeness (QED) is 0.129. The summed E-state index contributed by atoms with van der Waals surface area (Å²) in [6.07, 6.45) is 0. The number of fused-ring (bicyclic) bond motifs is 2. The van der Waals surface area contributed by atoms with Gasteiger partial charge in [0.25, 0.3) is 0 Å². The highest BCUT2D eigenvalue weighted by Gasteiger charge is 2.16. The smallest absolute Gasteiger partial charge is 0.120 e. The van der Waals surface area contributed by atoms with Gasteiger partial charge in [-0.1, -0.05) is 139 Å². The summed E-state index contributed by atoms with van der Waals surface area (Å²) in [5.74, 6) is 2.44. The van der Waals surface area contributed by atoms with E-state index in [4.69, 9.17) is 14.2 Å². The lowest BCUT2D eigenvalue weighted by Gasteiger charge is -2.18. The molecular formula is C48H38O3. The molecule has 0 radical (unpaired) electrons. The van der Waals surface area contributed by atoms with Gasteiger partial charge in [-0.05, 0) is 110 Å². The predicted octanol–water partition coefficient (Wildman–Crippen LogP) is 12.4. The summed E-state index contributed by atoms with van der Waals surface area (Å²) in [5.41, 5.74) is 9.34. The van der Waals surface area contributed by atoms with Crippen molar-refractivity contribution in [2.45, 2.75) is 26.7 Å². The summed E-state index contributed by atoms with van der Waals surface area (Å²) in [5, 5.41) is 5.00. The summed E-state index contributed by atoms with van der Waals surface area (Å²) in [6.45, 7) is 3.43. The van der Waals surface area contributed by atoms with E-state index in [1.54, 1.807) is 0 Å². The van der Waals surface area contributed by atoms with E-state index < -0.39 is 0 Å². The van der Waals surface area contributed by atoms with E-state index >= 15 is 0 Å². The van der Waals surface area contributed by atoms with Crippen LogP contribution in [0, 0.1) is 6.92 Å². The first-order valence-electron chi connectivity index (χ1n) is 17.4. The summed E-state index contributed by atoms with van der Waals surface area (Å²) in [7, 11) is 0. The fourth-order valence-corrected chi connectivity index (χ4v) is 6.75. The lowest BCUT2D eigenvalue weighted by molar-refractivity contribution is 0.288. The monoisotopic (exact) mass is 662 g/mol. The molecule has 3 nitrogen and oxygen atoms in total. The van der Waals surface area contributed by atoms with E-state index in [0.717, 1.165) is 33.9 Å². The van der Waals surface area contributed by atoms with Gasteiger partial charge in [0.15, 0.2) is 0 Å². The number of benzene rings is 8. The van der Waals surface area contributed by atoms with E-state index in [2.05, 4.69) is 122 Å². The average molecular weight is 663 g/mol. The first kappa shape index (κ1) is 31.9. The van der Waals surface area contributed by atoms with Crippen LogP contribution in [0.3, 0.4) is 0 Å². The molecule has 8 aromatic carbocycles. The van der Waals surface area contributed by atoms with Gasteiger partial charge >= 0.3 is 0 Å². The number of hydrogen-bond donors (Lipinski definition) is 0. The number of ether oxygens (including phenoxy) is 3. The van der Waals surface area contributed by atoms with Gasteiger partial charge in [0.05, 0.1) is 0 Å². The molecule has 248 valence electrons. The maximum Gasteiger partial charge on any atom is 0.120 e. The minimum atomic E-state index is 0.429. The van der Waals surface area contributed by atoms with Crippen molar-refractivity contribution in [1.29, 1.82) is 0 Å². The maximum atomic E-state index is 6.43. The second-order valence-electron chi connectivity index (χ2n) is 12.9. The molecule has 0 spiro atoms. The lowest BCUT2D eigenvalue weighted by Crippen LogP contribution is -2.02. The summed E-state index contributed by atoms with van der Waals surface area (Å²) >= 11 is 0. The van der Waals surface area contributed by atoms with Crippen LogP contribution in [0.5, 0.6) is 17.2 Å². The van der Waals surface area contributed by atoms with E-state index in [9.17, 15) is 0 Å². The topological polar surface area (TPSA) is 27.7 Å². The highest BCUT2D eigenvalue weighted by atomic mass is 16.5. The molecule has 3 heteroatoms. The minimum Gasteiger partial charge on any atom is -0.489 e. The molecule has 0 aliphatic carbocycles. The van der Waals surface area contributed by atoms with Crippen LogP contribution in [0.2, 0.25) is 0 Å². The molecule has 8 aromatic rings. The van der Waals surface area contributed by atoms with Crippen molar-refractivity contribution >= 4 is 21.5 Å². The van der Waals surface area contributed by atoms with E-state index in [1.807, 2.05) is 60.7 Å². The van der Waals surface area contributed by atoms with Crippen molar-refractivity contribution in [3.8, 4) is 39.5 Å². The third kappa shape index (κ3) is 7.20. The predicted molar refractivity (Wildman–Crippen MR) is 209 cm³/mol. The van der Waals surface area contributed by atoms with Crippen LogP contribution in [-0.4, -0.2) is 0 Å². The molecule has 51 heavy (non-hydrogen) atoms. The molecular weight excluding hydrogens is 625 g/mol. The fraction of sp³-hybridized carbons (Fsp3) is 0.0833. The Hall–Kier alpha value is -6.32. The Labute approximate surface area is 299 Å².